The first-order valence-electron chi connectivity index (χ1n) is 11.2. The van der Waals surface area contributed by atoms with Gasteiger partial charge in [-0.1, -0.05) is 6.07 Å². The molecule has 2 fully saturated rings. The van der Waals surface area contributed by atoms with Crippen molar-refractivity contribution >= 4 is 23.1 Å². The second-order valence-corrected chi connectivity index (χ2v) is 10.2. The number of carbonyl (C=O) groups excluding carboxylic acids is 1. The summed E-state index contributed by atoms with van der Waals surface area (Å²) in [6, 6.07) is 6.43. The predicted molar refractivity (Wildman–Crippen MR) is 122 cm³/mol. The van der Waals surface area contributed by atoms with E-state index in [2.05, 4.69) is 44.9 Å². The number of nitrogens with one attached hydrogen (secondary N) is 2. The molecule has 6 rings (SSSR count). The highest BCUT2D eigenvalue weighted by Crippen LogP contribution is 2.46. The fourth-order valence-corrected chi connectivity index (χ4v) is 6.03. The number of rotatable bonds is 5. The van der Waals surface area contributed by atoms with Crippen LogP contribution in [0.5, 0.6) is 0 Å². The molecule has 3 unspecified atom stereocenters. The molecule has 3 atom stereocenters. The van der Waals surface area contributed by atoms with Gasteiger partial charge in [-0.15, -0.1) is 11.3 Å². The molecule has 3 aliphatic rings. The van der Waals surface area contributed by atoms with Gasteiger partial charge in [-0.25, -0.2) is 4.98 Å². The van der Waals surface area contributed by atoms with Crippen molar-refractivity contribution in [3.8, 4) is 0 Å². The predicted octanol–water partition coefficient (Wildman–Crippen LogP) is 3.95. The Morgan fingerprint density at radius 2 is 2.10 bits per heavy atom. The topological polar surface area (TPSA) is 73.9 Å². The lowest BCUT2D eigenvalue weighted by atomic mass is 10.1. The summed E-state index contributed by atoms with van der Waals surface area (Å²) >= 11 is 1.51. The molecule has 2 aliphatic carbocycles. The van der Waals surface area contributed by atoms with Crippen molar-refractivity contribution < 1.29 is 4.79 Å². The Hall–Kier alpha value is -2.67. The van der Waals surface area contributed by atoms with E-state index in [0.29, 0.717) is 0 Å². The molecule has 1 saturated carbocycles. The zero-order chi connectivity index (χ0) is 21.1. The molecule has 7 heteroatoms. The number of nitrogens with zero attached hydrogens (tertiary/aromatic N) is 3. The molecule has 3 aromatic heterocycles. The third-order valence-corrected chi connectivity index (χ3v) is 8.18. The Labute approximate surface area is 186 Å². The lowest BCUT2D eigenvalue weighted by Gasteiger charge is -2.20. The number of hydrogen-bond acceptors (Lipinski definition) is 5. The number of carbonyl (C=O) groups is 1. The highest BCUT2D eigenvalue weighted by Gasteiger charge is 2.45. The number of aryl methyl sites for hydroxylation is 2. The Bertz CT molecular complexity index is 1150. The number of fused-ring (bicyclic) bond motifs is 2. The number of pyridine rings is 1. The molecule has 1 saturated heterocycles. The molecule has 1 amide bonds. The van der Waals surface area contributed by atoms with E-state index in [4.69, 9.17) is 4.98 Å². The molecular weight excluding hydrogens is 406 g/mol. The van der Waals surface area contributed by atoms with Crippen LogP contribution in [0.15, 0.2) is 23.6 Å². The summed E-state index contributed by atoms with van der Waals surface area (Å²) in [5, 5.41) is 12.7. The van der Waals surface area contributed by atoms with Gasteiger partial charge in [-0.2, -0.15) is 5.10 Å². The number of amides is 1. The van der Waals surface area contributed by atoms with Crippen LogP contribution in [-0.2, 0) is 12.8 Å². The molecule has 0 radical (unpaired) electrons. The van der Waals surface area contributed by atoms with Crippen molar-refractivity contribution in [1.82, 2.24) is 20.5 Å². The van der Waals surface area contributed by atoms with E-state index in [9.17, 15) is 4.79 Å². The first-order chi connectivity index (χ1) is 15.0. The van der Waals surface area contributed by atoms with Gasteiger partial charge in [0.05, 0.1) is 22.3 Å². The summed E-state index contributed by atoms with van der Waals surface area (Å²) in [7, 11) is 0. The van der Waals surface area contributed by atoms with Gasteiger partial charge in [0.15, 0.2) is 0 Å². The zero-order valence-corrected chi connectivity index (χ0v) is 18.8. The van der Waals surface area contributed by atoms with Crippen LogP contribution in [0.25, 0.3) is 0 Å². The van der Waals surface area contributed by atoms with Crippen molar-refractivity contribution in [3.05, 3.63) is 62.2 Å². The first-order valence-corrected chi connectivity index (χ1v) is 12.1. The molecule has 0 spiro atoms. The zero-order valence-electron chi connectivity index (χ0n) is 17.9. The summed E-state index contributed by atoms with van der Waals surface area (Å²) in [5.74, 6) is 2.93. The summed E-state index contributed by atoms with van der Waals surface area (Å²) in [6.45, 7) is 6.45. The maximum atomic E-state index is 12.8. The van der Waals surface area contributed by atoms with E-state index < -0.39 is 0 Å². The summed E-state index contributed by atoms with van der Waals surface area (Å²) in [4.78, 5) is 20.9. The second kappa shape index (κ2) is 7.19. The van der Waals surface area contributed by atoms with E-state index >= 15 is 0 Å². The van der Waals surface area contributed by atoms with Crippen molar-refractivity contribution in [1.29, 1.82) is 0 Å². The highest BCUT2D eigenvalue weighted by atomic mass is 32.1. The Morgan fingerprint density at radius 1 is 1.26 bits per heavy atom. The van der Waals surface area contributed by atoms with Gasteiger partial charge in [-0.05, 0) is 79.1 Å². The molecule has 4 heterocycles. The van der Waals surface area contributed by atoms with Gasteiger partial charge in [0.1, 0.15) is 5.82 Å². The van der Waals surface area contributed by atoms with Gasteiger partial charge in [0.25, 0.3) is 5.91 Å². The van der Waals surface area contributed by atoms with Gasteiger partial charge in [-0.3, -0.25) is 9.89 Å². The maximum Gasteiger partial charge on any atom is 0.261 e. The van der Waals surface area contributed by atoms with Crippen molar-refractivity contribution in [2.45, 2.75) is 45.6 Å². The largest absolute Gasteiger partial charge is 0.356 e. The van der Waals surface area contributed by atoms with Crippen LogP contribution in [0.4, 0.5) is 5.82 Å². The minimum atomic E-state index is -0.000790. The molecule has 0 bridgehead atoms. The number of aromatic nitrogens is 3. The van der Waals surface area contributed by atoms with Crippen LogP contribution in [0, 0.1) is 25.7 Å². The molecular formula is C24H27N5OS. The molecule has 31 heavy (non-hydrogen) atoms. The number of anilines is 1. The second-order valence-electron chi connectivity index (χ2n) is 9.34. The van der Waals surface area contributed by atoms with Crippen LogP contribution in [0.1, 0.15) is 62.3 Å². The molecule has 160 valence electrons. The van der Waals surface area contributed by atoms with E-state index in [-0.39, 0.29) is 11.9 Å². The normalized spacial score (nSPS) is 23.7. The fraction of sp³-hybridized carbons (Fsp3) is 0.458. The Balaban J connectivity index is 1.12. The van der Waals surface area contributed by atoms with Crippen LogP contribution >= 0.6 is 11.3 Å². The average Bonchev–Trinajstić information content (AvgIpc) is 3.22. The van der Waals surface area contributed by atoms with Gasteiger partial charge >= 0.3 is 0 Å². The SMILES string of the molecule is Cc1nc(N2CC3CC3C2)ccc1Cc1csc(C(=O)NC2CCc3c(C)n[nH]c32)c1. The fourth-order valence-electron chi connectivity index (χ4n) is 5.22. The third-order valence-electron chi connectivity index (χ3n) is 7.20. The molecule has 3 aromatic rings. The number of piperidine rings is 1. The van der Waals surface area contributed by atoms with Gasteiger partial charge in [0.2, 0.25) is 0 Å². The van der Waals surface area contributed by atoms with Gasteiger partial charge in [0, 0.05) is 25.2 Å². The number of aromatic amines is 1. The monoisotopic (exact) mass is 433 g/mol. The van der Waals surface area contributed by atoms with E-state index in [0.717, 1.165) is 58.9 Å². The quantitative estimate of drug-likeness (QED) is 0.639. The Morgan fingerprint density at radius 3 is 2.90 bits per heavy atom. The number of thiophene rings is 1. The van der Waals surface area contributed by atoms with Gasteiger partial charge < -0.3 is 10.2 Å². The average molecular weight is 434 g/mol. The van der Waals surface area contributed by atoms with Crippen LogP contribution < -0.4 is 10.2 Å². The summed E-state index contributed by atoms with van der Waals surface area (Å²) in [6.07, 6.45) is 4.12. The smallest absolute Gasteiger partial charge is 0.261 e. The van der Waals surface area contributed by atoms with Crippen LogP contribution in [0.2, 0.25) is 0 Å². The lowest BCUT2D eigenvalue weighted by molar-refractivity contribution is 0.0940. The third kappa shape index (κ3) is 3.45. The molecule has 0 aromatic carbocycles. The standard InChI is InChI=1S/C24H27N5OS/c1-13-16(3-6-22(25-13)29-10-17-9-18(17)11-29)7-15-8-21(31-12-15)24(30)26-20-5-4-19-14(2)27-28-23(19)20/h3,6,8,12,17-18,20H,4-5,7,9-11H2,1-2H3,(H,26,30)(H,27,28). The molecule has 2 N–H and O–H groups in total. The van der Waals surface area contributed by atoms with E-state index in [1.54, 1.807) is 0 Å². The number of hydrogen-bond donors (Lipinski definition) is 2. The molecule has 1 aliphatic heterocycles. The van der Waals surface area contributed by atoms with Crippen LogP contribution in [-0.4, -0.2) is 34.2 Å². The van der Waals surface area contributed by atoms with Crippen molar-refractivity contribution in [2.24, 2.45) is 11.8 Å². The summed E-state index contributed by atoms with van der Waals surface area (Å²) < 4.78 is 0. The molecule has 6 nitrogen and oxygen atoms in total. The maximum absolute atomic E-state index is 12.8. The van der Waals surface area contributed by atoms with E-state index in [1.807, 2.05) is 13.0 Å². The van der Waals surface area contributed by atoms with Crippen molar-refractivity contribution in [2.75, 3.05) is 18.0 Å². The number of H-pyrrole nitrogens is 1. The summed E-state index contributed by atoms with van der Waals surface area (Å²) in [5.41, 5.74) is 6.85. The van der Waals surface area contributed by atoms with E-state index in [1.165, 1.54) is 47.5 Å². The van der Waals surface area contributed by atoms with Crippen LogP contribution in [0.3, 0.4) is 0 Å². The van der Waals surface area contributed by atoms with Crippen molar-refractivity contribution in [3.63, 3.8) is 0 Å². The Kier molecular flexibility index (Phi) is 4.42. The minimum absolute atomic E-state index is 0.000790. The minimum Gasteiger partial charge on any atom is -0.356 e. The first kappa shape index (κ1) is 19.0. The lowest BCUT2D eigenvalue weighted by Crippen LogP contribution is -2.26. The highest BCUT2D eigenvalue weighted by molar-refractivity contribution is 7.12.